The molecule has 8 aromatic carbocycles. The van der Waals surface area contributed by atoms with Gasteiger partial charge in [-0.1, -0.05) is 188 Å². The molecule has 8 rings (SSSR count). The van der Waals surface area contributed by atoms with Crippen molar-refractivity contribution in [2.24, 2.45) is 0 Å². The summed E-state index contributed by atoms with van der Waals surface area (Å²) in [5, 5.41) is 7.78. The first kappa shape index (κ1) is 44.1. The monoisotopic (exact) mass is 918 g/mol. The molecule has 54 heavy (non-hydrogen) atoms. The van der Waals surface area contributed by atoms with Crippen LogP contribution >= 0.6 is 71.2 Å². The van der Waals surface area contributed by atoms with E-state index in [4.69, 9.17) is 46.4 Å². The Bertz CT molecular complexity index is 2370. The van der Waals surface area contributed by atoms with Gasteiger partial charge < -0.3 is 0 Å². The molecular weight excluding hydrogens is 885 g/mol. The summed E-state index contributed by atoms with van der Waals surface area (Å²) in [6.45, 7) is 8.90. The molecule has 0 aliphatic heterocycles. The molecule has 0 amide bonds. The van der Waals surface area contributed by atoms with Gasteiger partial charge >= 0.3 is 41.9 Å². The normalized spacial score (nSPS) is 10.4. The molecule has 0 saturated heterocycles. The maximum atomic E-state index is 6.35. The summed E-state index contributed by atoms with van der Waals surface area (Å²) in [5.74, 6) is 0. The van der Waals surface area contributed by atoms with Crippen LogP contribution in [0.3, 0.4) is 0 Å². The summed E-state index contributed by atoms with van der Waals surface area (Å²) < 4.78 is 0. The number of hydrogen-bond donors (Lipinski definition) is 0. The topological polar surface area (TPSA) is 0 Å². The largest absolute Gasteiger partial charge is 0.147 e. The van der Waals surface area contributed by atoms with Crippen LogP contribution in [-0.2, 0) is 23.3 Å². The van der Waals surface area contributed by atoms with Crippen LogP contribution in [0.4, 0.5) is 0 Å². The van der Waals surface area contributed by atoms with E-state index >= 15 is 0 Å². The molecule has 0 aromatic heterocycles. The second kappa shape index (κ2) is 20.0. The van der Waals surface area contributed by atoms with Crippen molar-refractivity contribution >= 4 is 98.2 Å². The van der Waals surface area contributed by atoms with E-state index in [-0.39, 0.29) is 30.2 Å². The summed E-state index contributed by atoms with van der Waals surface area (Å²) in [6.07, 6.45) is 0. The van der Waals surface area contributed by atoms with Crippen molar-refractivity contribution in [3.63, 3.8) is 0 Å². The Morgan fingerprint density at radius 3 is 1.20 bits per heavy atom. The summed E-state index contributed by atoms with van der Waals surface area (Å²) in [7, 11) is 0. The van der Waals surface area contributed by atoms with E-state index in [9.17, 15) is 0 Å². The SMILES string of the molecule is C[Si](C)=[Zr+2].Cc1cc(-c2ccc(Cl)cc2Cl)ccc1-[c-]1ccc2ccccc21.Cc1cc(-c2ccc(Cl)cc2Cl)ccc1-[c-]1ccc2ccccc21.Cl.Cl. The van der Waals surface area contributed by atoms with Gasteiger partial charge in [0.2, 0.25) is 0 Å². The molecule has 0 radical (unpaired) electrons. The van der Waals surface area contributed by atoms with Gasteiger partial charge in [0.15, 0.2) is 0 Å². The fourth-order valence-electron chi connectivity index (χ4n) is 6.48. The van der Waals surface area contributed by atoms with Gasteiger partial charge in [-0.15, -0.1) is 73.3 Å². The third-order valence-electron chi connectivity index (χ3n) is 8.88. The molecule has 0 heterocycles. The maximum Gasteiger partial charge on any atom is 0.0498 e. The molecule has 0 nitrogen and oxygen atoms in total. The molecule has 0 aliphatic rings. The fourth-order valence-corrected chi connectivity index (χ4v) is 7.52. The molecule has 0 spiro atoms. The summed E-state index contributed by atoms with van der Waals surface area (Å²) in [6, 6.07) is 49.9. The number of rotatable bonds is 4. The van der Waals surface area contributed by atoms with Gasteiger partial charge in [-0.25, -0.2) is 0 Å². The van der Waals surface area contributed by atoms with Gasteiger partial charge in [-0.3, -0.25) is 0 Å². The minimum Gasteiger partial charge on any atom is -0.147 e. The van der Waals surface area contributed by atoms with Gasteiger partial charge in [0.25, 0.3) is 0 Å². The van der Waals surface area contributed by atoms with Crippen LogP contribution in [0.5, 0.6) is 0 Å². The minimum atomic E-state index is 0. The molecule has 0 unspecified atom stereocenters. The second-order valence-corrected chi connectivity index (χ2v) is 24.0. The van der Waals surface area contributed by atoms with Crippen molar-refractivity contribution in [2.45, 2.75) is 26.9 Å². The molecule has 8 heteroatoms. The zero-order chi connectivity index (χ0) is 36.9. The number of aryl methyl sites for hydroxylation is 2. The average molecular weight is 923 g/mol. The number of halogens is 6. The molecule has 0 aliphatic carbocycles. The Morgan fingerprint density at radius 2 is 0.852 bits per heavy atom. The number of benzene rings is 6. The zero-order valence-electron chi connectivity index (χ0n) is 30.2. The molecule has 8 aromatic rings. The van der Waals surface area contributed by atoms with Gasteiger partial charge in [-0.2, -0.15) is 0 Å². The van der Waals surface area contributed by atoms with Crippen LogP contribution in [0.15, 0.2) is 146 Å². The van der Waals surface area contributed by atoms with E-state index in [1.54, 1.807) is 35.5 Å². The van der Waals surface area contributed by atoms with Crippen molar-refractivity contribution in [1.82, 2.24) is 0 Å². The second-order valence-electron chi connectivity index (χ2n) is 13.0. The molecule has 0 atom stereocenters. The third-order valence-corrected chi connectivity index (χ3v) is 9.97. The first-order chi connectivity index (χ1) is 25.0. The van der Waals surface area contributed by atoms with Crippen molar-refractivity contribution < 1.29 is 23.3 Å². The van der Waals surface area contributed by atoms with Crippen LogP contribution < -0.4 is 0 Å². The van der Waals surface area contributed by atoms with E-state index in [2.05, 4.69) is 136 Å². The van der Waals surface area contributed by atoms with Crippen molar-refractivity contribution in [3.8, 4) is 44.5 Å². The smallest absolute Gasteiger partial charge is 0.0498 e. The van der Waals surface area contributed by atoms with Gasteiger partial charge in [-0.05, 0) is 46.5 Å². The Morgan fingerprint density at radius 1 is 0.481 bits per heavy atom. The van der Waals surface area contributed by atoms with Crippen molar-refractivity contribution in [1.29, 1.82) is 0 Å². The van der Waals surface area contributed by atoms with Crippen LogP contribution in [0, 0.1) is 13.8 Å². The summed E-state index contributed by atoms with van der Waals surface area (Å²) in [5.41, 5.74) is 11.9. The third kappa shape index (κ3) is 10.4. The van der Waals surface area contributed by atoms with E-state index in [0.29, 0.717) is 20.1 Å². The number of hydrogen-bond acceptors (Lipinski definition) is 0. The Kier molecular flexibility index (Phi) is 16.3. The standard InChI is InChI=1S/2C22H15Cl2.C2H6Si.2ClH.Zr/c2*1-14-12-16(20-11-8-17(23)13-22(20)24)7-9-18(14)21-10-6-15-4-2-3-5-19(15)21;1-3-2;;;/h2*2-13H,1H3;1-2H3;2*1H;/q2*-1;;;;+2. The predicted octanol–water partition coefficient (Wildman–Crippen LogP) is 16.6. The molecule has 0 saturated carbocycles. The first-order valence-electron chi connectivity index (χ1n) is 16.9. The Balaban J connectivity index is 0.000000212. The summed E-state index contributed by atoms with van der Waals surface area (Å²) in [4.78, 5) is 0. The average Bonchev–Trinajstić information content (AvgIpc) is 3.73. The molecule has 0 N–H and O–H groups in total. The van der Waals surface area contributed by atoms with E-state index in [1.807, 2.05) is 24.3 Å². The summed E-state index contributed by atoms with van der Waals surface area (Å²) >= 11 is 26.4. The van der Waals surface area contributed by atoms with E-state index in [1.165, 1.54) is 54.9 Å². The van der Waals surface area contributed by atoms with Gasteiger partial charge in [0.1, 0.15) is 0 Å². The van der Waals surface area contributed by atoms with E-state index in [0.717, 1.165) is 22.3 Å². The molecular formula is C46H38Cl6SiZr. The quantitative estimate of drug-likeness (QED) is 0.122. The van der Waals surface area contributed by atoms with Crippen molar-refractivity contribution in [3.05, 3.63) is 177 Å². The Hall–Kier alpha value is -2.62. The molecule has 272 valence electrons. The molecule has 0 fully saturated rings. The van der Waals surface area contributed by atoms with Crippen LogP contribution in [0.1, 0.15) is 11.1 Å². The number of fused-ring (bicyclic) bond motifs is 2. The van der Waals surface area contributed by atoms with Crippen molar-refractivity contribution in [2.75, 3.05) is 0 Å². The van der Waals surface area contributed by atoms with E-state index < -0.39 is 0 Å². The minimum absolute atomic E-state index is 0. The fraction of sp³-hybridized carbons (Fsp3) is 0.0870. The van der Waals surface area contributed by atoms with Crippen LogP contribution in [0.25, 0.3) is 66.1 Å². The predicted molar refractivity (Wildman–Crippen MR) is 242 cm³/mol. The van der Waals surface area contributed by atoms with Gasteiger partial charge in [0.05, 0.1) is 0 Å². The zero-order valence-corrected chi connectivity index (χ0v) is 38.3. The molecule has 0 bridgehead atoms. The van der Waals surface area contributed by atoms with Gasteiger partial charge in [0, 0.05) is 20.1 Å². The van der Waals surface area contributed by atoms with Crippen LogP contribution in [-0.4, -0.2) is 5.43 Å². The first-order valence-corrected chi connectivity index (χ1v) is 24.6. The van der Waals surface area contributed by atoms with Crippen LogP contribution in [0.2, 0.25) is 33.2 Å². The Labute approximate surface area is 366 Å². The maximum absolute atomic E-state index is 6.35.